The maximum Gasteiger partial charge on any atom is 0.220 e. The molecule has 0 radical (unpaired) electrons. The Hall–Kier alpha value is -2.84. The van der Waals surface area contributed by atoms with Gasteiger partial charge >= 0.3 is 0 Å². The number of hydrogen-bond acceptors (Lipinski definition) is 5. The van der Waals surface area contributed by atoms with Gasteiger partial charge in [-0.2, -0.15) is 0 Å². The highest BCUT2D eigenvalue weighted by Crippen LogP contribution is 2.27. The second kappa shape index (κ2) is 15.3. The van der Waals surface area contributed by atoms with Crippen LogP contribution in [-0.2, 0) is 11.3 Å². The summed E-state index contributed by atoms with van der Waals surface area (Å²) < 4.78 is 11.3. The highest BCUT2D eigenvalue weighted by Gasteiger charge is 2.11. The fourth-order valence-electron chi connectivity index (χ4n) is 4.27. The summed E-state index contributed by atoms with van der Waals surface area (Å²) in [5, 5.41) is 9.81. The standard InChI is InChI=1S/C28H40N4O3S/c1-22-10-6-13-25(34-2)27(22)31-28(36)30-15-8-14-26(33)29-16-9-19-35-24-12-7-11-23(20-24)21-32-17-4-3-5-18-32/h6-7,10-13,20H,3-5,8-9,14-19,21H2,1-2H3,(H,29,33)(H2,30,31,36). The Balaban J connectivity index is 1.24. The van der Waals surface area contributed by atoms with Crippen molar-refractivity contribution in [2.75, 3.05) is 45.2 Å². The van der Waals surface area contributed by atoms with E-state index < -0.39 is 0 Å². The van der Waals surface area contributed by atoms with Gasteiger partial charge in [0.1, 0.15) is 11.5 Å². The average Bonchev–Trinajstić information content (AvgIpc) is 2.88. The molecule has 1 fully saturated rings. The fraction of sp³-hybridized carbons (Fsp3) is 0.500. The lowest BCUT2D eigenvalue weighted by Crippen LogP contribution is -2.31. The second-order valence-corrected chi connectivity index (χ2v) is 9.58. The molecule has 0 bridgehead atoms. The second-order valence-electron chi connectivity index (χ2n) is 9.17. The molecule has 3 rings (SSSR count). The summed E-state index contributed by atoms with van der Waals surface area (Å²) in [5.74, 6) is 1.68. The first kappa shape index (κ1) is 27.7. The average molecular weight is 513 g/mol. The SMILES string of the molecule is COc1cccc(C)c1NC(=S)NCCCC(=O)NCCCOc1cccc(CN2CCCCC2)c1. The summed E-state index contributed by atoms with van der Waals surface area (Å²) >= 11 is 5.38. The van der Waals surface area contributed by atoms with Crippen LogP contribution in [0.4, 0.5) is 5.69 Å². The van der Waals surface area contributed by atoms with Gasteiger partial charge in [-0.15, -0.1) is 0 Å². The molecule has 0 aliphatic carbocycles. The third kappa shape index (κ3) is 9.66. The van der Waals surface area contributed by atoms with Crippen molar-refractivity contribution in [1.29, 1.82) is 0 Å². The van der Waals surface area contributed by atoms with Crippen LogP contribution in [0.2, 0.25) is 0 Å². The summed E-state index contributed by atoms with van der Waals surface area (Å²) in [7, 11) is 1.63. The van der Waals surface area contributed by atoms with Crippen molar-refractivity contribution in [3.05, 3.63) is 53.6 Å². The highest BCUT2D eigenvalue weighted by atomic mass is 32.1. The molecule has 1 heterocycles. The van der Waals surface area contributed by atoms with Crippen molar-refractivity contribution in [3.8, 4) is 11.5 Å². The van der Waals surface area contributed by atoms with Crippen molar-refractivity contribution in [3.63, 3.8) is 0 Å². The van der Waals surface area contributed by atoms with Crippen LogP contribution < -0.4 is 25.4 Å². The van der Waals surface area contributed by atoms with E-state index >= 15 is 0 Å². The first-order chi connectivity index (χ1) is 17.5. The minimum Gasteiger partial charge on any atom is -0.495 e. The number of para-hydroxylation sites is 1. The lowest BCUT2D eigenvalue weighted by atomic mass is 10.1. The van der Waals surface area contributed by atoms with Crippen molar-refractivity contribution < 1.29 is 14.3 Å². The largest absolute Gasteiger partial charge is 0.495 e. The maximum atomic E-state index is 12.1. The molecule has 2 aromatic rings. The van der Waals surface area contributed by atoms with Gasteiger partial charge in [-0.1, -0.05) is 30.7 Å². The molecule has 36 heavy (non-hydrogen) atoms. The molecule has 196 valence electrons. The van der Waals surface area contributed by atoms with Crippen LogP contribution in [0.1, 0.15) is 49.7 Å². The van der Waals surface area contributed by atoms with Gasteiger partial charge < -0.3 is 25.4 Å². The topological polar surface area (TPSA) is 74.9 Å². The van der Waals surface area contributed by atoms with Crippen molar-refractivity contribution in [2.24, 2.45) is 0 Å². The Kier molecular flexibility index (Phi) is 11.8. The molecule has 3 N–H and O–H groups in total. The van der Waals surface area contributed by atoms with Crippen LogP contribution in [0, 0.1) is 6.92 Å². The number of rotatable bonds is 13. The number of carbonyl (C=O) groups is 1. The molecule has 0 unspecified atom stereocenters. The number of hydrogen-bond donors (Lipinski definition) is 3. The van der Waals surface area contributed by atoms with E-state index in [1.807, 2.05) is 31.2 Å². The summed E-state index contributed by atoms with van der Waals surface area (Å²) in [6.07, 6.45) is 5.86. The number of likely N-dealkylation sites (tertiary alicyclic amines) is 1. The molecule has 8 heteroatoms. The Morgan fingerprint density at radius 1 is 1.03 bits per heavy atom. The number of benzene rings is 2. The van der Waals surface area contributed by atoms with Crippen LogP contribution in [0.15, 0.2) is 42.5 Å². The Morgan fingerprint density at radius 3 is 2.61 bits per heavy atom. The number of methoxy groups -OCH3 is 1. The van der Waals surface area contributed by atoms with E-state index in [0.29, 0.717) is 37.7 Å². The third-order valence-electron chi connectivity index (χ3n) is 6.22. The van der Waals surface area contributed by atoms with Gasteiger partial charge in [-0.3, -0.25) is 9.69 Å². The van der Waals surface area contributed by atoms with Gasteiger partial charge in [-0.25, -0.2) is 0 Å². The van der Waals surface area contributed by atoms with E-state index in [-0.39, 0.29) is 5.91 Å². The van der Waals surface area contributed by atoms with Crippen LogP contribution in [0.25, 0.3) is 0 Å². The molecular formula is C28H40N4O3S. The number of nitrogens with one attached hydrogen (secondary N) is 3. The smallest absolute Gasteiger partial charge is 0.220 e. The number of nitrogens with zero attached hydrogens (tertiary/aromatic N) is 1. The molecule has 1 aliphatic rings. The first-order valence-electron chi connectivity index (χ1n) is 12.9. The minimum absolute atomic E-state index is 0.0415. The zero-order chi connectivity index (χ0) is 25.6. The molecule has 0 spiro atoms. The van der Waals surface area contributed by atoms with Crippen LogP contribution >= 0.6 is 12.2 Å². The molecule has 0 saturated carbocycles. The van der Waals surface area contributed by atoms with E-state index in [4.69, 9.17) is 21.7 Å². The zero-order valence-electron chi connectivity index (χ0n) is 21.6. The quantitative estimate of drug-likeness (QED) is 0.267. The Labute approximate surface area is 220 Å². The summed E-state index contributed by atoms with van der Waals surface area (Å²) in [4.78, 5) is 14.6. The van der Waals surface area contributed by atoms with Crippen molar-refractivity contribution >= 4 is 28.9 Å². The van der Waals surface area contributed by atoms with E-state index in [9.17, 15) is 4.79 Å². The number of thiocarbonyl (C=S) groups is 1. The number of carbonyl (C=O) groups excluding carboxylic acids is 1. The van der Waals surface area contributed by atoms with Crippen LogP contribution in [-0.4, -0.2) is 55.8 Å². The van der Waals surface area contributed by atoms with Gasteiger partial charge in [0, 0.05) is 26.1 Å². The number of amides is 1. The van der Waals surface area contributed by atoms with Crippen molar-refractivity contribution in [1.82, 2.24) is 15.5 Å². The lowest BCUT2D eigenvalue weighted by molar-refractivity contribution is -0.121. The summed E-state index contributed by atoms with van der Waals surface area (Å²) in [6, 6.07) is 14.2. The molecule has 1 aliphatic heterocycles. The molecule has 1 saturated heterocycles. The van der Waals surface area contributed by atoms with Gasteiger partial charge in [0.05, 0.1) is 19.4 Å². The summed E-state index contributed by atoms with van der Waals surface area (Å²) in [6.45, 7) is 7.16. The predicted octanol–water partition coefficient (Wildman–Crippen LogP) is 4.64. The first-order valence-corrected chi connectivity index (χ1v) is 13.3. The summed E-state index contributed by atoms with van der Waals surface area (Å²) in [5.41, 5.74) is 3.20. The molecule has 0 atom stereocenters. The molecule has 1 amide bonds. The normalized spacial score (nSPS) is 13.6. The number of ether oxygens (including phenoxy) is 2. The maximum absolute atomic E-state index is 12.1. The van der Waals surface area contributed by atoms with E-state index in [2.05, 4.69) is 39.0 Å². The van der Waals surface area contributed by atoms with Crippen LogP contribution in [0.3, 0.4) is 0 Å². The molecule has 0 aromatic heterocycles. The molecular weight excluding hydrogens is 472 g/mol. The monoisotopic (exact) mass is 512 g/mol. The number of piperidine rings is 1. The lowest BCUT2D eigenvalue weighted by Gasteiger charge is -2.26. The predicted molar refractivity (Wildman–Crippen MR) is 150 cm³/mol. The van der Waals surface area contributed by atoms with Gasteiger partial charge in [0.25, 0.3) is 0 Å². The van der Waals surface area contributed by atoms with Crippen molar-refractivity contribution in [2.45, 2.75) is 52.0 Å². The zero-order valence-corrected chi connectivity index (χ0v) is 22.4. The van der Waals surface area contributed by atoms with Gasteiger partial charge in [0.15, 0.2) is 5.11 Å². The van der Waals surface area contributed by atoms with Gasteiger partial charge in [0.2, 0.25) is 5.91 Å². The van der Waals surface area contributed by atoms with E-state index in [0.717, 1.165) is 35.7 Å². The minimum atomic E-state index is 0.0415. The molecule has 2 aromatic carbocycles. The number of aryl methyl sites for hydroxylation is 1. The highest BCUT2D eigenvalue weighted by molar-refractivity contribution is 7.80. The van der Waals surface area contributed by atoms with E-state index in [1.54, 1.807) is 7.11 Å². The van der Waals surface area contributed by atoms with Gasteiger partial charge in [-0.05, 0) is 87.2 Å². The van der Waals surface area contributed by atoms with Crippen LogP contribution in [0.5, 0.6) is 11.5 Å². The number of anilines is 1. The molecule has 7 nitrogen and oxygen atoms in total. The Bertz CT molecular complexity index is 979. The fourth-order valence-corrected chi connectivity index (χ4v) is 4.47. The third-order valence-corrected chi connectivity index (χ3v) is 6.47. The Morgan fingerprint density at radius 2 is 1.81 bits per heavy atom. The van der Waals surface area contributed by atoms with E-state index in [1.165, 1.54) is 37.9 Å².